The first-order chi connectivity index (χ1) is 9.11. The lowest BCUT2D eigenvalue weighted by Crippen LogP contribution is -2.15. The fraction of sp³-hybridized carbons (Fsp3) is 0.571. The number of nitrogens with zero attached hydrogens (tertiary/aromatic N) is 3. The molecule has 0 saturated carbocycles. The Morgan fingerprint density at radius 3 is 2.74 bits per heavy atom. The monoisotopic (exact) mass is 262 g/mol. The van der Waals surface area contributed by atoms with E-state index in [2.05, 4.69) is 36.3 Å². The molecule has 0 saturated heterocycles. The maximum absolute atomic E-state index is 5.24. The van der Waals surface area contributed by atoms with Crippen molar-refractivity contribution in [1.82, 2.24) is 20.3 Å². The lowest BCUT2D eigenvalue weighted by molar-refractivity contribution is 0.366. The van der Waals surface area contributed by atoms with Crippen LogP contribution in [0.3, 0.4) is 0 Å². The van der Waals surface area contributed by atoms with E-state index in [1.807, 2.05) is 17.7 Å². The molecule has 0 spiro atoms. The number of aryl methyl sites for hydroxylation is 2. The van der Waals surface area contributed by atoms with E-state index in [-0.39, 0.29) is 0 Å². The highest BCUT2D eigenvalue weighted by Crippen LogP contribution is 2.15. The summed E-state index contributed by atoms with van der Waals surface area (Å²) in [4.78, 5) is 0. The molecule has 1 N–H and O–H groups in total. The predicted molar refractivity (Wildman–Crippen MR) is 74.0 cm³/mol. The molecular weight excluding hydrogens is 240 g/mol. The molecule has 0 aromatic carbocycles. The minimum atomic E-state index is 0.640. The van der Waals surface area contributed by atoms with E-state index in [1.165, 1.54) is 11.3 Å². The molecule has 0 amide bonds. The van der Waals surface area contributed by atoms with Crippen molar-refractivity contribution in [3.63, 3.8) is 0 Å². The Kier molecular flexibility index (Phi) is 4.37. The largest absolute Gasteiger partial charge is 0.359 e. The van der Waals surface area contributed by atoms with Crippen molar-refractivity contribution < 1.29 is 4.52 Å². The molecule has 5 nitrogen and oxygen atoms in total. The van der Waals surface area contributed by atoms with Crippen LogP contribution in [-0.2, 0) is 13.1 Å². The van der Waals surface area contributed by atoms with Crippen LogP contribution in [0.25, 0.3) is 0 Å². The molecule has 19 heavy (non-hydrogen) atoms. The predicted octanol–water partition coefficient (Wildman–Crippen LogP) is 2.34. The van der Waals surface area contributed by atoms with Gasteiger partial charge in [-0.1, -0.05) is 12.1 Å². The van der Waals surface area contributed by atoms with Gasteiger partial charge in [0.1, 0.15) is 6.54 Å². The van der Waals surface area contributed by atoms with Crippen molar-refractivity contribution in [2.24, 2.45) is 0 Å². The van der Waals surface area contributed by atoms with Gasteiger partial charge in [0.05, 0.1) is 11.4 Å². The molecule has 0 fully saturated rings. The second-order valence-electron chi connectivity index (χ2n) is 4.92. The lowest BCUT2D eigenvalue weighted by atomic mass is 10.2. The normalized spacial score (nSPS) is 11.2. The van der Waals surface area contributed by atoms with Gasteiger partial charge in [-0.05, 0) is 33.7 Å². The molecule has 2 rings (SSSR count). The summed E-state index contributed by atoms with van der Waals surface area (Å²) in [5.74, 6) is 0.844. The highest BCUT2D eigenvalue weighted by molar-refractivity contribution is 5.25. The van der Waals surface area contributed by atoms with Crippen LogP contribution in [0.15, 0.2) is 10.6 Å². The van der Waals surface area contributed by atoms with Gasteiger partial charge in [0.15, 0.2) is 5.76 Å². The van der Waals surface area contributed by atoms with E-state index < -0.39 is 0 Å². The van der Waals surface area contributed by atoms with Crippen LogP contribution in [0.1, 0.15) is 41.8 Å². The Bertz CT molecular complexity index is 542. The summed E-state index contributed by atoms with van der Waals surface area (Å²) < 4.78 is 7.23. The van der Waals surface area contributed by atoms with Crippen molar-refractivity contribution in [1.29, 1.82) is 0 Å². The molecule has 104 valence electrons. The fourth-order valence-electron chi connectivity index (χ4n) is 2.17. The molecule has 0 atom stereocenters. The molecule has 0 unspecified atom stereocenters. The summed E-state index contributed by atoms with van der Waals surface area (Å²) in [6, 6.07) is 1.95. The zero-order valence-electron chi connectivity index (χ0n) is 12.2. The molecule has 0 aliphatic carbocycles. The molecule has 5 heteroatoms. The Morgan fingerprint density at radius 1 is 1.32 bits per heavy atom. The topological polar surface area (TPSA) is 55.9 Å². The van der Waals surface area contributed by atoms with E-state index >= 15 is 0 Å². The van der Waals surface area contributed by atoms with E-state index in [1.54, 1.807) is 0 Å². The van der Waals surface area contributed by atoms with E-state index in [4.69, 9.17) is 4.52 Å². The van der Waals surface area contributed by atoms with Crippen LogP contribution in [0, 0.1) is 20.8 Å². The van der Waals surface area contributed by atoms with Gasteiger partial charge in [-0.15, -0.1) is 0 Å². The maximum Gasteiger partial charge on any atom is 0.158 e. The summed E-state index contributed by atoms with van der Waals surface area (Å²) in [6.07, 6.45) is 1.14. The summed E-state index contributed by atoms with van der Waals surface area (Å²) in [6.45, 7) is 10.8. The Hall–Kier alpha value is -1.62. The third-order valence-electron chi connectivity index (χ3n) is 3.24. The highest BCUT2D eigenvalue weighted by Gasteiger charge is 2.12. The molecule has 2 aromatic heterocycles. The molecule has 0 bridgehead atoms. The standard InChI is InChI=1S/C14H22N4O/c1-5-6-15-8-14-11(3)16-18(12(14)4)9-13-7-10(2)17-19-13/h7,15H,5-6,8-9H2,1-4H3. The van der Waals surface area contributed by atoms with Crippen molar-refractivity contribution in [2.75, 3.05) is 6.54 Å². The number of hydrogen-bond donors (Lipinski definition) is 1. The molecule has 2 aromatic rings. The average molecular weight is 262 g/mol. The van der Waals surface area contributed by atoms with Crippen molar-refractivity contribution in [3.8, 4) is 0 Å². The Labute approximate surface area is 114 Å². The Morgan fingerprint density at radius 2 is 2.11 bits per heavy atom. The van der Waals surface area contributed by atoms with Crippen LogP contribution >= 0.6 is 0 Å². The maximum atomic E-state index is 5.24. The molecule has 0 aliphatic rings. The number of hydrogen-bond acceptors (Lipinski definition) is 4. The van der Waals surface area contributed by atoms with Crippen LogP contribution in [0.4, 0.5) is 0 Å². The van der Waals surface area contributed by atoms with Gasteiger partial charge < -0.3 is 9.84 Å². The van der Waals surface area contributed by atoms with Crippen molar-refractivity contribution in [3.05, 3.63) is 34.5 Å². The van der Waals surface area contributed by atoms with Crippen molar-refractivity contribution in [2.45, 2.75) is 47.2 Å². The van der Waals surface area contributed by atoms with Gasteiger partial charge in [0.25, 0.3) is 0 Å². The third-order valence-corrected chi connectivity index (χ3v) is 3.24. The summed E-state index contributed by atoms with van der Waals surface area (Å²) in [5, 5.41) is 11.9. The second kappa shape index (κ2) is 6.02. The quantitative estimate of drug-likeness (QED) is 0.812. The summed E-state index contributed by atoms with van der Waals surface area (Å²) >= 11 is 0. The minimum absolute atomic E-state index is 0.640. The second-order valence-corrected chi connectivity index (χ2v) is 4.92. The van der Waals surface area contributed by atoms with E-state index in [0.717, 1.165) is 36.7 Å². The third kappa shape index (κ3) is 3.23. The number of rotatable bonds is 6. The number of aromatic nitrogens is 3. The number of nitrogens with one attached hydrogen (secondary N) is 1. The fourth-order valence-corrected chi connectivity index (χ4v) is 2.17. The lowest BCUT2D eigenvalue weighted by Gasteiger charge is -2.04. The van der Waals surface area contributed by atoms with Crippen LogP contribution in [0.5, 0.6) is 0 Å². The Balaban J connectivity index is 2.11. The van der Waals surface area contributed by atoms with E-state index in [0.29, 0.717) is 6.54 Å². The first kappa shape index (κ1) is 13.8. The van der Waals surface area contributed by atoms with Crippen molar-refractivity contribution >= 4 is 0 Å². The van der Waals surface area contributed by atoms with Gasteiger partial charge in [-0.3, -0.25) is 4.68 Å². The molecule has 0 radical (unpaired) electrons. The molecule has 2 heterocycles. The molecule has 0 aliphatic heterocycles. The smallest absolute Gasteiger partial charge is 0.158 e. The van der Waals surface area contributed by atoms with Crippen LogP contribution < -0.4 is 5.32 Å². The summed E-state index contributed by atoms with van der Waals surface area (Å²) in [7, 11) is 0. The van der Waals surface area contributed by atoms with Gasteiger partial charge in [0, 0.05) is 23.9 Å². The highest BCUT2D eigenvalue weighted by atomic mass is 16.5. The first-order valence-electron chi connectivity index (χ1n) is 6.77. The van der Waals surface area contributed by atoms with Gasteiger partial charge in [-0.25, -0.2) is 0 Å². The first-order valence-corrected chi connectivity index (χ1v) is 6.77. The summed E-state index contributed by atoms with van der Waals surface area (Å²) in [5.41, 5.74) is 4.46. The average Bonchev–Trinajstić information content (AvgIpc) is 2.88. The van der Waals surface area contributed by atoms with Gasteiger partial charge >= 0.3 is 0 Å². The zero-order valence-corrected chi connectivity index (χ0v) is 12.2. The SMILES string of the molecule is CCCNCc1c(C)nn(Cc2cc(C)no2)c1C. The van der Waals surface area contributed by atoms with Crippen LogP contribution in [0.2, 0.25) is 0 Å². The molecular formula is C14H22N4O. The van der Waals surface area contributed by atoms with E-state index in [9.17, 15) is 0 Å². The zero-order chi connectivity index (χ0) is 13.8. The van der Waals surface area contributed by atoms with Crippen LogP contribution in [-0.4, -0.2) is 21.5 Å². The minimum Gasteiger partial charge on any atom is -0.359 e. The van der Waals surface area contributed by atoms with Gasteiger partial charge in [0.2, 0.25) is 0 Å². The van der Waals surface area contributed by atoms with Gasteiger partial charge in [-0.2, -0.15) is 5.10 Å².